The molecule has 1 N–H and O–H groups in total. The van der Waals surface area contributed by atoms with Gasteiger partial charge in [-0.15, -0.1) is 0 Å². The summed E-state index contributed by atoms with van der Waals surface area (Å²) in [7, 11) is 1.91. The Kier molecular flexibility index (Phi) is 6.30. The summed E-state index contributed by atoms with van der Waals surface area (Å²) in [6.07, 6.45) is 1.20. The molecule has 10 heteroatoms. The van der Waals surface area contributed by atoms with Crippen LogP contribution in [0.2, 0.25) is 0 Å². The maximum absolute atomic E-state index is 15.8. The van der Waals surface area contributed by atoms with Gasteiger partial charge in [0.05, 0.1) is 11.2 Å². The fraction of sp³-hybridized carbons (Fsp3) is 0.346. The minimum absolute atomic E-state index is 0.182. The maximum Gasteiger partial charge on any atom is 0.497 e. The first-order chi connectivity index (χ1) is 16.7. The molecule has 0 atom stereocenters. The van der Waals surface area contributed by atoms with Crippen LogP contribution in [0.4, 0.5) is 10.1 Å². The molecule has 8 nitrogen and oxygen atoms in total. The van der Waals surface area contributed by atoms with Crippen LogP contribution in [0, 0.1) is 12.7 Å². The number of nitrogens with one attached hydrogen (secondary N) is 1. The third-order valence-electron chi connectivity index (χ3n) is 7.10. The molecule has 188 valence electrons. The number of nitrogens with zero attached hydrogens (tertiary/aromatic N) is 2. The van der Waals surface area contributed by atoms with Gasteiger partial charge in [0.15, 0.2) is 0 Å². The van der Waals surface area contributed by atoms with E-state index in [1.54, 1.807) is 43.3 Å². The van der Waals surface area contributed by atoms with E-state index >= 15 is 4.39 Å². The highest BCUT2D eigenvalue weighted by Crippen LogP contribution is 2.37. The van der Waals surface area contributed by atoms with E-state index in [2.05, 4.69) is 5.32 Å². The highest BCUT2D eigenvalue weighted by Gasteiger charge is 2.52. The quantitative estimate of drug-likeness (QED) is 0.565. The summed E-state index contributed by atoms with van der Waals surface area (Å²) < 4.78 is 29.9. The standard InChI is InChI=1S/C26H29BFN3O5/c1-15-16(17-11-8-12-19(21(17)28)27-35-25(2,3)26(4,5)36-27)10-9-13-20(15)29-22(32)18-14-30(6)24(34)31(7)23(18)33/h8-14H,1-7H3,(H,29,32). The van der Waals surface area contributed by atoms with Gasteiger partial charge in [0.25, 0.3) is 11.5 Å². The summed E-state index contributed by atoms with van der Waals surface area (Å²) in [6.45, 7) is 9.38. The van der Waals surface area contributed by atoms with E-state index in [9.17, 15) is 14.4 Å². The first-order valence-corrected chi connectivity index (χ1v) is 11.6. The smallest absolute Gasteiger partial charge is 0.399 e. The Bertz CT molecular complexity index is 1480. The van der Waals surface area contributed by atoms with Crippen LogP contribution < -0.4 is 22.0 Å². The molecule has 0 unspecified atom stereocenters. The summed E-state index contributed by atoms with van der Waals surface area (Å²) in [4.78, 5) is 37.3. The lowest BCUT2D eigenvalue weighted by molar-refractivity contribution is 0.00578. The largest absolute Gasteiger partial charge is 0.497 e. The number of hydrogen-bond acceptors (Lipinski definition) is 5. The van der Waals surface area contributed by atoms with Crippen LogP contribution in [0.15, 0.2) is 52.2 Å². The summed E-state index contributed by atoms with van der Waals surface area (Å²) in [6, 6.07) is 10.1. The van der Waals surface area contributed by atoms with E-state index in [4.69, 9.17) is 9.31 Å². The second-order valence-electron chi connectivity index (χ2n) is 10.0. The number of anilines is 1. The third kappa shape index (κ3) is 4.20. The summed E-state index contributed by atoms with van der Waals surface area (Å²) in [5.41, 5.74) is -0.446. The lowest BCUT2D eigenvalue weighted by Crippen LogP contribution is -2.41. The lowest BCUT2D eigenvalue weighted by Gasteiger charge is -2.32. The SMILES string of the molecule is Cc1c(NC(=O)c2cn(C)c(=O)n(C)c2=O)cccc1-c1cccc(B2OC(C)(C)C(C)(C)O2)c1F. The highest BCUT2D eigenvalue weighted by molar-refractivity contribution is 6.62. The molecule has 1 amide bonds. The van der Waals surface area contributed by atoms with Gasteiger partial charge < -0.3 is 19.2 Å². The van der Waals surface area contributed by atoms with E-state index in [-0.39, 0.29) is 11.0 Å². The van der Waals surface area contributed by atoms with E-state index in [1.807, 2.05) is 27.7 Å². The monoisotopic (exact) mass is 493 g/mol. The van der Waals surface area contributed by atoms with Crippen LogP contribution in [0.25, 0.3) is 11.1 Å². The van der Waals surface area contributed by atoms with Gasteiger partial charge in [-0.3, -0.25) is 14.2 Å². The van der Waals surface area contributed by atoms with E-state index in [1.165, 1.54) is 20.3 Å². The van der Waals surface area contributed by atoms with Crippen molar-refractivity contribution in [1.29, 1.82) is 0 Å². The van der Waals surface area contributed by atoms with Gasteiger partial charge in [0, 0.05) is 37.0 Å². The number of carbonyl (C=O) groups is 1. The molecule has 0 aliphatic carbocycles. The number of benzene rings is 2. The fourth-order valence-corrected chi connectivity index (χ4v) is 4.13. The van der Waals surface area contributed by atoms with E-state index < -0.39 is 41.3 Å². The minimum Gasteiger partial charge on any atom is -0.399 e. The highest BCUT2D eigenvalue weighted by atomic mass is 19.1. The molecule has 2 heterocycles. The van der Waals surface area contributed by atoms with Crippen molar-refractivity contribution >= 4 is 24.2 Å². The van der Waals surface area contributed by atoms with Crippen molar-refractivity contribution in [1.82, 2.24) is 9.13 Å². The fourth-order valence-electron chi connectivity index (χ4n) is 4.13. The van der Waals surface area contributed by atoms with Crippen molar-refractivity contribution in [3.63, 3.8) is 0 Å². The first-order valence-electron chi connectivity index (χ1n) is 11.6. The topological polar surface area (TPSA) is 91.6 Å². The van der Waals surface area contributed by atoms with Gasteiger partial charge in [0.1, 0.15) is 11.4 Å². The lowest BCUT2D eigenvalue weighted by atomic mass is 9.77. The van der Waals surface area contributed by atoms with Crippen LogP contribution in [0.1, 0.15) is 43.6 Å². The zero-order valence-corrected chi connectivity index (χ0v) is 21.4. The Labute approximate surface area is 208 Å². The molecule has 0 saturated carbocycles. The van der Waals surface area contributed by atoms with Gasteiger partial charge in [-0.25, -0.2) is 9.18 Å². The van der Waals surface area contributed by atoms with Crippen molar-refractivity contribution < 1.29 is 18.5 Å². The molecule has 4 rings (SSSR count). The molecule has 0 bridgehead atoms. The zero-order chi connectivity index (χ0) is 26.6. The van der Waals surface area contributed by atoms with Crippen molar-refractivity contribution in [3.05, 3.63) is 80.4 Å². The maximum atomic E-state index is 15.8. The van der Waals surface area contributed by atoms with Gasteiger partial charge in [-0.05, 0) is 51.8 Å². The second kappa shape index (κ2) is 8.87. The van der Waals surface area contributed by atoms with Gasteiger partial charge in [0.2, 0.25) is 0 Å². The Morgan fingerprint density at radius 1 is 0.972 bits per heavy atom. The molecule has 0 spiro atoms. The normalized spacial score (nSPS) is 16.3. The van der Waals surface area contributed by atoms with Crippen LogP contribution in [-0.4, -0.2) is 33.4 Å². The molecule has 0 radical (unpaired) electrons. The molecular formula is C26H29BFN3O5. The number of aryl methyl sites for hydroxylation is 1. The summed E-state index contributed by atoms with van der Waals surface area (Å²) in [5, 5.41) is 2.72. The van der Waals surface area contributed by atoms with Crippen molar-refractivity contribution in [2.24, 2.45) is 14.1 Å². The molecular weight excluding hydrogens is 464 g/mol. The molecule has 3 aromatic rings. The van der Waals surface area contributed by atoms with Crippen LogP contribution >= 0.6 is 0 Å². The first kappa shape index (κ1) is 25.6. The number of aromatic nitrogens is 2. The Morgan fingerprint density at radius 3 is 2.19 bits per heavy atom. The Morgan fingerprint density at radius 2 is 1.56 bits per heavy atom. The van der Waals surface area contributed by atoms with Crippen LogP contribution in [0.3, 0.4) is 0 Å². The number of amides is 1. The molecule has 1 aliphatic rings. The number of halogens is 1. The summed E-state index contributed by atoms with van der Waals surface area (Å²) in [5.74, 6) is -1.15. The number of hydrogen-bond donors (Lipinski definition) is 1. The van der Waals surface area contributed by atoms with E-state index in [0.717, 1.165) is 9.13 Å². The third-order valence-corrected chi connectivity index (χ3v) is 7.10. The predicted molar refractivity (Wildman–Crippen MR) is 137 cm³/mol. The Balaban J connectivity index is 1.70. The number of rotatable bonds is 4. The van der Waals surface area contributed by atoms with Crippen molar-refractivity contribution in [2.45, 2.75) is 45.8 Å². The molecule has 2 aromatic carbocycles. The Hall–Kier alpha value is -3.50. The molecule has 1 aliphatic heterocycles. The van der Waals surface area contributed by atoms with Gasteiger partial charge in [-0.2, -0.15) is 0 Å². The van der Waals surface area contributed by atoms with E-state index in [0.29, 0.717) is 22.4 Å². The van der Waals surface area contributed by atoms with Crippen molar-refractivity contribution in [3.8, 4) is 11.1 Å². The average Bonchev–Trinajstić information content (AvgIpc) is 3.03. The number of carbonyl (C=O) groups excluding carboxylic acids is 1. The van der Waals surface area contributed by atoms with Crippen LogP contribution in [0.5, 0.6) is 0 Å². The predicted octanol–water partition coefficient (Wildman–Crippen LogP) is 2.75. The zero-order valence-electron chi connectivity index (χ0n) is 21.4. The van der Waals surface area contributed by atoms with Crippen LogP contribution in [-0.2, 0) is 23.4 Å². The second-order valence-corrected chi connectivity index (χ2v) is 10.0. The summed E-state index contributed by atoms with van der Waals surface area (Å²) >= 11 is 0. The molecule has 1 aromatic heterocycles. The molecule has 1 saturated heterocycles. The van der Waals surface area contributed by atoms with Gasteiger partial charge in [-0.1, -0.05) is 30.3 Å². The minimum atomic E-state index is -0.862. The van der Waals surface area contributed by atoms with Gasteiger partial charge >= 0.3 is 12.8 Å². The molecule has 1 fully saturated rings. The molecule has 36 heavy (non-hydrogen) atoms. The van der Waals surface area contributed by atoms with Crippen molar-refractivity contribution in [2.75, 3.05) is 5.32 Å². The average molecular weight is 493 g/mol.